The molecule has 110 valence electrons. The summed E-state index contributed by atoms with van der Waals surface area (Å²) >= 11 is 3.54. The smallest absolute Gasteiger partial charge is 0.222 e. The first-order valence-corrected chi connectivity index (χ1v) is 8.15. The fourth-order valence-electron chi connectivity index (χ4n) is 2.85. The van der Waals surface area contributed by atoms with E-state index in [9.17, 15) is 4.79 Å². The maximum absolute atomic E-state index is 12.3. The number of carbonyl (C=O) groups is 1. The molecule has 1 aromatic carbocycles. The summed E-state index contributed by atoms with van der Waals surface area (Å²) in [6.07, 6.45) is 3.78. The lowest BCUT2D eigenvalue weighted by Crippen LogP contribution is -2.42. The van der Waals surface area contributed by atoms with Crippen molar-refractivity contribution in [1.82, 2.24) is 10.2 Å². The van der Waals surface area contributed by atoms with E-state index in [-0.39, 0.29) is 0 Å². The molecule has 1 aromatic rings. The molecule has 1 saturated heterocycles. The molecule has 1 unspecified atom stereocenters. The van der Waals surface area contributed by atoms with Crippen molar-refractivity contribution >= 4 is 21.8 Å². The molecule has 0 aliphatic carbocycles. The van der Waals surface area contributed by atoms with E-state index in [4.69, 9.17) is 0 Å². The van der Waals surface area contributed by atoms with E-state index in [1.54, 1.807) is 0 Å². The van der Waals surface area contributed by atoms with Crippen molar-refractivity contribution in [2.24, 2.45) is 5.92 Å². The highest BCUT2D eigenvalue weighted by Crippen LogP contribution is 2.20. The fourth-order valence-corrected chi connectivity index (χ4v) is 3.33. The molecule has 1 N–H and O–H groups in total. The molecule has 1 fully saturated rings. The summed E-state index contributed by atoms with van der Waals surface area (Å²) in [5.41, 5.74) is 1.21. The normalized spacial score (nSPS) is 19.1. The van der Waals surface area contributed by atoms with Crippen LogP contribution in [0.15, 0.2) is 28.7 Å². The number of hydrogen-bond acceptors (Lipinski definition) is 2. The summed E-state index contributed by atoms with van der Waals surface area (Å²) < 4.78 is 1.10. The summed E-state index contributed by atoms with van der Waals surface area (Å²) in [6.45, 7) is 2.85. The van der Waals surface area contributed by atoms with Gasteiger partial charge in [-0.3, -0.25) is 4.79 Å². The molecule has 3 nitrogen and oxygen atoms in total. The summed E-state index contributed by atoms with van der Waals surface area (Å²) in [5, 5.41) is 3.22. The SMILES string of the molecule is CNCC1CCCN(C(=O)CCc2ccccc2Br)C1. The van der Waals surface area contributed by atoms with Gasteiger partial charge in [-0.25, -0.2) is 0 Å². The van der Waals surface area contributed by atoms with Gasteiger partial charge in [-0.2, -0.15) is 0 Å². The first kappa shape index (κ1) is 15.5. The number of piperidine rings is 1. The number of aryl methyl sites for hydroxylation is 1. The van der Waals surface area contributed by atoms with Gasteiger partial charge in [0.1, 0.15) is 0 Å². The van der Waals surface area contributed by atoms with Crippen molar-refractivity contribution in [3.63, 3.8) is 0 Å². The number of carbonyl (C=O) groups excluding carboxylic acids is 1. The van der Waals surface area contributed by atoms with Gasteiger partial charge in [0.05, 0.1) is 0 Å². The predicted molar refractivity (Wildman–Crippen MR) is 85.7 cm³/mol. The lowest BCUT2D eigenvalue weighted by molar-refractivity contribution is -0.132. The molecule has 1 atom stereocenters. The molecule has 0 radical (unpaired) electrons. The summed E-state index contributed by atoms with van der Waals surface area (Å²) in [5.74, 6) is 0.905. The quantitative estimate of drug-likeness (QED) is 0.895. The van der Waals surface area contributed by atoms with E-state index in [2.05, 4.69) is 27.3 Å². The highest BCUT2D eigenvalue weighted by Gasteiger charge is 2.22. The minimum Gasteiger partial charge on any atom is -0.342 e. The number of nitrogens with one attached hydrogen (secondary N) is 1. The first-order valence-electron chi connectivity index (χ1n) is 7.36. The van der Waals surface area contributed by atoms with Crippen LogP contribution >= 0.6 is 15.9 Å². The Hall–Kier alpha value is -0.870. The van der Waals surface area contributed by atoms with Crippen LogP contribution in [-0.4, -0.2) is 37.5 Å². The Morgan fingerprint density at radius 2 is 2.25 bits per heavy atom. The number of halogens is 1. The third kappa shape index (κ3) is 4.32. The lowest BCUT2D eigenvalue weighted by Gasteiger charge is -2.32. The fraction of sp³-hybridized carbons (Fsp3) is 0.562. The molecule has 1 aliphatic heterocycles. The predicted octanol–water partition coefficient (Wildman–Crippen LogP) is 2.84. The third-order valence-corrected chi connectivity index (χ3v) is 4.70. The maximum Gasteiger partial charge on any atom is 0.222 e. The summed E-state index contributed by atoms with van der Waals surface area (Å²) in [6, 6.07) is 8.14. The van der Waals surface area contributed by atoms with Crippen LogP contribution in [-0.2, 0) is 11.2 Å². The molecule has 0 aromatic heterocycles. The number of benzene rings is 1. The van der Waals surface area contributed by atoms with Gasteiger partial charge in [-0.1, -0.05) is 34.1 Å². The Balaban J connectivity index is 1.84. The second kappa shape index (κ2) is 7.79. The van der Waals surface area contributed by atoms with E-state index in [0.29, 0.717) is 18.2 Å². The summed E-state index contributed by atoms with van der Waals surface area (Å²) in [7, 11) is 1.98. The number of hydrogen-bond donors (Lipinski definition) is 1. The van der Waals surface area contributed by atoms with Gasteiger partial charge < -0.3 is 10.2 Å². The van der Waals surface area contributed by atoms with Crippen LogP contribution in [0.5, 0.6) is 0 Å². The number of likely N-dealkylation sites (tertiary alicyclic amines) is 1. The molecule has 4 heteroatoms. The molecule has 20 heavy (non-hydrogen) atoms. The molecule has 0 spiro atoms. The van der Waals surface area contributed by atoms with E-state index < -0.39 is 0 Å². The Labute approximate surface area is 129 Å². The minimum absolute atomic E-state index is 0.293. The van der Waals surface area contributed by atoms with Crippen molar-refractivity contribution in [1.29, 1.82) is 0 Å². The van der Waals surface area contributed by atoms with Crippen LogP contribution in [0.2, 0.25) is 0 Å². The van der Waals surface area contributed by atoms with Crippen LogP contribution < -0.4 is 5.32 Å². The van der Waals surface area contributed by atoms with Gasteiger partial charge >= 0.3 is 0 Å². The van der Waals surface area contributed by atoms with Gasteiger partial charge in [-0.05, 0) is 50.4 Å². The monoisotopic (exact) mass is 338 g/mol. The van der Waals surface area contributed by atoms with Gasteiger partial charge in [-0.15, -0.1) is 0 Å². The van der Waals surface area contributed by atoms with E-state index in [1.165, 1.54) is 12.0 Å². The molecule has 0 bridgehead atoms. The molecule has 0 saturated carbocycles. The first-order chi connectivity index (χ1) is 9.70. The van der Waals surface area contributed by atoms with Crippen molar-refractivity contribution in [3.8, 4) is 0 Å². The largest absolute Gasteiger partial charge is 0.342 e. The Bertz CT molecular complexity index is 448. The van der Waals surface area contributed by atoms with Crippen molar-refractivity contribution in [2.75, 3.05) is 26.7 Å². The molecule has 1 aliphatic rings. The van der Waals surface area contributed by atoms with E-state index in [1.807, 2.05) is 30.1 Å². The molecule has 2 rings (SSSR count). The highest BCUT2D eigenvalue weighted by molar-refractivity contribution is 9.10. The van der Waals surface area contributed by atoms with Crippen LogP contribution in [0, 0.1) is 5.92 Å². The highest BCUT2D eigenvalue weighted by atomic mass is 79.9. The van der Waals surface area contributed by atoms with Gasteiger partial charge in [0, 0.05) is 24.0 Å². The van der Waals surface area contributed by atoms with Crippen molar-refractivity contribution in [3.05, 3.63) is 34.3 Å². The molecule has 1 heterocycles. The standard InChI is InChI=1S/C16H23BrN2O/c1-18-11-13-5-4-10-19(12-13)16(20)9-8-14-6-2-3-7-15(14)17/h2-3,6-7,13,18H,4-5,8-12H2,1H3. The van der Waals surface area contributed by atoms with E-state index in [0.717, 1.165) is 36.9 Å². The van der Waals surface area contributed by atoms with Gasteiger partial charge in [0.2, 0.25) is 5.91 Å². The topological polar surface area (TPSA) is 32.3 Å². The Morgan fingerprint density at radius 1 is 1.45 bits per heavy atom. The summed E-state index contributed by atoms with van der Waals surface area (Å²) in [4.78, 5) is 14.4. The Morgan fingerprint density at radius 3 is 3.00 bits per heavy atom. The van der Waals surface area contributed by atoms with Crippen LogP contribution in [0.1, 0.15) is 24.8 Å². The average molecular weight is 339 g/mol. The van der Waals surface area contributed by atoms with Crippen LogP contribution in [0.25, 0.3) is 0 Å². The minimum atomic E-state index is 0.293. The number of rotatable bonds is 5. The number of amides is 1. The van der Waals surface area contributed by atoms with Gasteiger partial charge in [0.15, 0.2) is 0 Å². The maximum atomic E-state index is 12.3. The Kier molecular flexibility index (Phi) is 6.05. The second-order valence-electron chi connectivity index (χ2n) is 5.50. The van der Waals surface area contributed by atoms with Crippen molar-refractivity contribution < 1.29 is 4.79 Å². The van der Waals surface area contributed by atoms with Crippen LogP contribution in [0.3, 0.4) is 0 Å². The molecular formula is C16H23BrN2O. The molecular weight excluding hydrogens is 316 g/mol. The third-order valence-electron chi connectivity index (χ3n) is 3.93. The van der Waals surface area contributed by atoms with E-state index >= 15 is 0 Å². The second-order valence-corrected chi connectivity index (χ2v) is 6.35. The average Bonchev–Trinajstić information content (AvgIpc) is 2.47. The lowest BCUT2D eigenvalue weighted by atomic mass is 9.97. The zero-order valence-corrected chi connectivity index (χ0v) is 13.7. The molecule has 1 amide bonds. The van der Waals surface area contributed by atoms with Gasteiger partial charge in [0.25, 0.3) is 0 Å². The van der Waals surface area contributed by atoms with Crippen LogP contribution in [0.4, 0.5) is 0 Å². The number of nitrogens with zero attached hydrogens (tertiary/aromatic N) is 1. The zero-order chi connectivity index (χ0) is 14.4. The zero-order valence-electron chi connectivity index (χ0n) is 12.1. The van der Waals surface area contributed by atoms with Crippen molar-refractivity contribution in [2.45, 2.75) is 25.7 Å².